The molecule has 0 aliphatic carbocycles. The number of rotatable bonds is 3. The Balaban J connectivity index is 1.94. The van der Waals surface area contributed by atoms with E-state index < -0.39 is 0 Å². The molecule has 16 heavy (non-hydrogen) atoms. The molecule has 1 aliphatic rings. The van der Waals surface area contributed by atoms with Gasteiger partial charge in [-0.2, -0.15) is 0 Å². The quantitative estimate of drug-likeness (QED) is 0.838. The van der Waals surface area contributed by atoms with Crippen molar-refractivity contribution in [2.45, 2.75) is 19.5 Å². The van der Waals surface area contributed by atoms with Crippen molar-refractivity contribution in [3.05, 3.63) is 29.8 Å². The minimum Gasteiger partial charge on any atom is -0.497 e. The van der Waals surface area contributed by atoms with Crippen LogP contribution in [0.2, 0.25) is 0 Å². The van der Waals surface area contributed by atoms with Gasteiger partial charge >= 0.3 is 0 Å². The molecule has 0 amide bonds. The summed E-state index contributed by atoms with van der Waals surface area (Å²) in [6.45, 7) is 5.32. The predicted octanol–water partition coefficient (Wildman–Crippen LogP) is 1.47. The molecule has 2 unspecified atom stereocenters. The topological polar surface area (TPSA) is 38.5 Å². The molecule has 1 aromatic rings. The zero-order valence-electron chi connectivity index (χ0n) is 10.0. The summed E-state index contributed by atoms with van der Waals surface area (Å²) in [6, 6.07) is 8.59. The fourth-order valence-corrected chi connectivity index (χ4v) is 2.21. The molecule has 1 saturated heterocycles. The lowest BCUT2D eigenvalue weighted by molar-refractivity contribution is 0.318. The van der Waals surface area contributed by atoms with Crippen molar-refractivity contribution in [2.75, 3.05) is 20.2 Å². The second-order valence-corrected chi connectivity index (χ2v) is 4.68. The van der Waals surface area contributed by atoms with Gasteiger partial charge in [0.15, 0.2) is 0 Å². The van der Waals surface area contributed by atoms with Crippen LogP contribution in [0.5, 0.6) is 5.75 Å². The fourth-order valence-electron chi connectivity index (χ4n) is 2.21. The third-order valence-electron chi connectivity index (χ3n) is 3.31. The highest BCUT2D eigenvalue weighted by Gasteiger charge is 2.26. The number of nitrogens with two attached hydrogens (primary N) is 1. The highest BCUT2D eigenvalue weighted by molar-refractivity contribution is 5.27. The van der Waals surface area contributed by atoms with Crippen LogP contribution >= 0.6 is 0 Å². The molecule has 2 rings (SSSR count). The first-order chi connectivity index (χ1) is 7.69. The molecule has 0 aromatic heterocycles. The molecule has 1 aliphatic heterocycles. The molecule has 88 valence electrons. The van der Waals surface area contributed by atoms with E-state index in [9.17, 15) is 0 Å². The first kappa shape index (κ1) is 11.4. The van der Waals surface area contributed by atoms with Crippen LogP contribution in [0.25, 0.3) is 0 Å². The van der Waals surface area contributed by atoms with Crippen molar-refractivity contribution in [2.24, 2.45) is 11.7 Å². The standard InChI is InChI=1S/C13H20N2O/c1-10-7-15(9-13(10)14)8-11-3-5-12(16-2)6-4-11/h3-6,10,13H,7-9,14H2,1-2H3. The molecule has 1 aromatic carbocycles. The molecule has 0 bridgehead atoms. The Bertz CT molecular complexity index is 326. The first-order valence-electron chi connectivity index (χ1n) is 5.80. The summed E-state index contributed by atoms with van der Waals surface area (Å²) in [5.41, 5.74) is 7.33. The Kier molecular flexibility index (Phi) is 3.46. The lowest BCUT2D eigenvalue weighted by atomic mass is 10.1. The van der Waals surface area contributed by atoms with Gasteiger partial charge in [0.25, 0.3) is 0 Å². The van der Waals surface area contributed by atoms with Crippen LogP contribution < -0.4 is 10.5 Å². The Morgan fingerprint density at radius 3 is 2.50 bits per heavy atom. The summed E-state index contributed by atoms with van der Waals surface area (Å²) in [5, 5.41) is 0. The minimum absolute atomic E-state index is 0.332. The Morgan fingerprint density at radius 1 is 1.31 bits per heavy atom. The number of likely N-dealkylation sites (tertiary alicyclic amines) is 1. The largest absolute Gasteiger partial charge is 0.497 e. The van der Waals surface area contributed by atoms with Gasteiger partial charge in [0.1, 0.15) is 5.75 Å². The zero-order chi connectivity index (χ0) is 11.5. The van der Waals surface area contributed by atoms with E-state index in [2.05, 4.69) is 24.0 Å². The van der Waals surface area contributed by atoms with E-state index in [1.54, 1.807) is 7.11 Å². The van der Waals surface area contributed by atoms with E-state index in [0.717, 1.165) is 25.4 Å². The second kappa shape index (κ2) is 4.85. The van der Waals surface area contributed by atoms with Crippen molar-refractivity contribution >= 4 is 0 Å². The summed E-state index contributed by atoms with van der Waals surface area (Å²) >= 11 is 0. The van der Waals surface area contributed by atoms with E-state index in [4.69, 9.17) is 10.5 Å². The van der Waals surface area contributed by atoms with Crippen LogP contribution in [-0.4, -0.2) is 31.1 Å². The lowest BCUT2D eigenvalue weighted by Gasteiger charge is -2.15. The maximum absolute atomic E-state index is 6.01. The van der Waals surface area contributed by atoms with Gasteiger partial charge in [-0.05, 0) is 23.6 Å². The number of hydrogen-bond donors (Lipinski definition) is 1. The van der Waals surface area contributed by atoms with E-state index in [-0.39, 0.29) is 0 Å². The van der Waals surface area contributed by atoms with Gasteiger partial charge in [0.05, 0.1) is 7.11 Å². The highest BCUT2D eigenvalue weighted by Crippen LogP contribution is 2.18. The SMILES string of the molecule is COc1ccc(CN2CC(C)C(N)C2)cc1. The van der Waals surface area contributed by atoms with Gasteiger partial charge in [0.2, 0.25) is 0 Å². The maximum atomic E-state index is 6.01. The van der Waals surface area contributed by atoms with E-state index >= 15 is 0 Å². The van der Waals surface area contributed by atoms with Crippen LogP contribution in [0.4, 0.5) is 0 Å². The molecule has 1 fully saturated rings. The monoisotopic (exact) mass is 220 g/mol. The number of hydrogen-bond acceptors (Lipinski definition) is 3. The Hall–Kier alpha value is -1.06. The van der Waals surface area contributed by atoms with E-state index in [1.165, 1.54) is 5.56 Å². The average molecular weight is 220 g/mol. The van der Waals surface area contributed by atoms with Crippen molar-refractivity contribution in [3.8, 4) is 5.75 Å². The zero-order valence-corrected chi connectivity index (χ0v) is 10.0. The molecule has 1 heterocycles. The van der Waals surface area contributed by atoms with Crippen molar-refractivity contribution < 1.29 is 4.74 Å². The summed E-state index contributed by atoms with van der Waals surface area (Å²) in [5.74, 6) is 1.52. The van der Waals surface area contributed by atoms with Crippen LogP contribution in [0.3, 0.4) is 0 Å². The molecule has 2 atom stereocenters. The second-order valence-electron chi connectivity index (χ2n) is 4.68. The fraction of sp³-hybridized carbons (Fsp3) is 0.538. The Morgan fingerprint density at radius 2 is 2.00 bits per heavy atom. The minimum atomic E-state index is 0.332. The van der Waals surface area contributed by atoms with Crippen molar-refractivity contribution in [1.29, 1.82) is 0 Å². The third kappa shape index (κ3) is 2.54. The number of ether oxygens (including phenoxy) is 1. The molecular weight excluding hydrogens is 200 g/mol. The maximum Gasteiger partial charge on any atom is 0.118 e. The average Bonchev–Trinajstić information content (AvgIpc) is 2.59. The van der Waals surface area contributed by atoms with Crippen molar-refractivity contribution in [3.63, 3.8) is 0 Å². The summed E-state index contributed by atoms with van der Waals surface area (Å²) in [6.07, 6.45) is 0. The Labute approximate surface area is 97.2 Å². The van der Waals surface area contributed by atoms with Gasteiger partial charge in [0, 0.05) is 25.7 Å². The van der Waals surface area contributed by atoms with Gasteiger partial charge in [-0.15, -0.1) is 0 Å². The summed E-state index contributed by atoms with van der Waals surface area (Å²) < 4.78 is 5.14. The molecule has 0 spiro atoms. The molecular formula is C13H20N2O. The smallest absolute Gasteiger partial charge is 0.118 e. The van der Waals surface area contributed by atoms with Gasteiger partial charge in [-0.1, -0.05) is 19.1 Å². The van der Waals surface area contributed by atoms with Crippen LogP contribution in [-0.2, 0) is 6.54 Å². The first-order valence-corrected chi connectivity index (χ1v) is 5.80. The van der Waals surface area contributed by atoms with Crippen LogP contribution in [0, 0.1) is 5.92 Å². The van der Waals surface area contributed by atoms with Crippen LogP contribution in [0.1, 0.15) is 12.5 Å². The third-order valence-corrected chi connectivity index (χ3v) is 3.31. The molecule has 3 nitrogen and oxygen atoms in total. The normalized spacial score (nSPS) is 25.9. The number of methoxy groups -OCH3 is 1. The van der Waals surface area contributed by atoms with E-state index in [0.29, 0.717) is 12.0 Å². The molecule has 0 saturated carbocycles. The van der Waals surface area contributed by atoms with Gasteiger partial charge in [-0.3, -0.25) is 4.90 Å². The number of benzene rings is 1. The van der Waals surface area contributed by atoms with E-state index in [1.807, 2.05) is 12.1 Å². The molecule has 3 heteroatoms. The highest BCUT2D eigenvalue weighted by atomic mass is 16.5. The number of nitrogens with zero attached hydrogens (tertiary/aromatic N) is 1. The van der Waals surface area contributed by atoms with Gasteiger partial charge in [-0.25, -0.2) is 0 Å². The van der Waals surface area contributed by atoms with Gasteiger partial charge < -0.3 is 10.5 Å². The van der Waals surface area contributed by atoms with Crippen molar-refractivity contribution in [1.82, 2.24) is 4.90 Å². The lowest BCUT2D eigenvalue weighted by Crippen LogP contribution is -2.28. The molecule has 2 N–H and O–H groups in total. The molecule has 0 radical (unpaired) electrons. The predicted molar refractivity (Wildman–Crippen MR) is 65.4 cm³/mol. The summed E-state index contributed by atoms with van der Waals surface area (Å²) in [7, 11) is 1.69. The van der Waals surface area contributed by atoms with Crippen LogP contribution in [0.15, 0.2) is 24.3 Å². The summed E-state index contributed by atoms with van der Waals surface area (Å²) in [4.78, 5) is 2.41.